The number of nitrogens with zero attached hydrogens (tertiary/aromatic N) is 3. The molecule has 0 radical (unpaired) electrons. The Morgan fingerprint density at radius 2 is 2.07 bits per heavy atom. The van der Waals surface area contributed by atoms with Gasteiger partial charge in [0, 0.05) is 31.4 Å². The van der Waals surface area contributed by atoms with Gasteiger partial charge in [-0.05, 0) is 37.8 Å². The highest BCUT2D eigenvalue weighted by Crippen LogP contribution is 2.44. The summed E-state index contributed by atoms with van der Waals surface area (Å²) in [6.45, 7) is 14.7. The summed E-state index contributed by atoms with van der Waals surface area (Å²) in [5, 5.41) is 7.51. The molecule has 0 saturated carbocycles. The molecule has 2 atom stereocenters. The highest BCUT2D eigenvalue weighted by atomic mass is 16.2. The normalized spacial score (nSPS) is 24.0. The molecule has 6 nitrogen and oxygen atoms in total. The second kappa shape index (κ2) is 9.65. The average molecular weight is 412 g/mol. The van der Waals surface area contributed by atoms with Crippen LogP contribution in [0.5, 0.6) is 0 Å². The number of amides is 1. The number of rotatable bonds is 4. The molecule has 1 aromatic rings. The van der Waals surface area contributed by atoms with Gasteiger partial charge in [0.2, 0.25) is 0 Å². The Morgan fingerprint density at radius 1 is 1.33 bits per heavy atom. The molecular formula is C24H37N5O. The van der Waals surface area contributed by atoms with E-state index in [1.165, 1.54) is 0 Å². The van der Waals surface area contributed by atoms with E-state index in [0.717, 1.165) is 56.8 Å². The van der Waals surface area contributed by atoms with Crippen molar-refractivity contribution in [3.05, 3.63) is 42.6 Å². The van der Waals surface area contributed by atoms with E-state index in [1.54, 1.807) is 0 Å². The first-order valence-corrected chi connectivity index (χ1v) is 11.5. The van der Waals surface area contributed by atoms with Crippen LogP contribution in [0.2, 0.25) is 0 Å². The number of anilines is 2. The summed E-state index contributed by atoms with van der Waals surface area (Å²) >= 11 is 0. The summed E-state index contributed by atoms with van der Waals surface area (Å²) in [4.78, 5) is 21.8. The summed E-state index contributed by atoms with van der Waals surface area (Å²) in [7, 11) is 0. The quantitative estimate of drug-likeness (QED) is 0.581. The molecule has 0 aromatic carbocycles. The molecule has 30 heavy (non-hydrogen) atoms. The predicted molar refractivity (Wildman–Crippen MR) is 125 cm³/mol. The van der Waals surface area contributed by atoms with E-state index >= 15 is 0 Å². The molecule has 164 valence electrons. The predicted octanol–water partition coefficient (Wildman–Crippen LogP) is 3.93. The van der Waals surface area contributed by atoms with Gasteiger partial charge in [0.1, 0.15) is 0 Å². The zero-order chi connectivity index (χ0) is 21.7. The minimum absolute atomic E-state index is 0.0374. The Balaban J connectivity index is 0.00000124. The smallest absolute Gasteiger partial charge is 0.253 e. The van der Waals surface area contributed by atoms with Crippen molar-refractivity contribution >= 4 is 17.4 Å². The van der Waals surface area contributed by atoms with Crippen LogP contribution >= 0.6 is 0 Å². The van der Waals surface area contributed by atoms with Crippen molar-refractivity contribution in [2.24, 2.45) is 0 Å². The second-order valence-electron chi connectivity index (χ2n) is 8.04. The fraction of sp³-hybridized carbons (Fsp3) is 0.583. The summed E-state index contributed by atoms with van der Waals surface area (Å²) in [6, 6.07) is 4.47. The third kappa shape index (κ3) is 3.97. The Labute approximate surface area is 181 Å². The van der Waals surface area contributed by atoms with Crippen LogP contribution in [0.15, 0.2) is 42.6 Å². The number of pyridine rings is 1. The van der Waals surface area contributed by atoms with Gasteiger partial charge in [-0.1, -0.05) is 46.4 Å². The molecule has 6 heteroatoms. The fourth-order valence-corrected chi connectivity index (χ4v) is 4.91. The highest BCUT2D eigenvalue weighted by Gasteiger charge is 2.52. The summed E-state index contributed by atoms with van der Waals surface area (Å²) in [5.74, 6) is 1.11. The third-order valence-electron chi connectivity index (χ3n) is 6.43. The molecule has 3 aliphatic rings. The van der Waals surface area contributed by atoms with Crippen molar-refractivity contribution in [3.63, 3.8) is 0 Å². The van der Waals surface area contributed by atoms with Gasteiger partial charge in [-0.2, -0.15) is 0 Å². The van der Waals surface area contributed by atoms with Gasteiger partial charge in [-0.3, -0.25) is 10.1 Å². The van der Waals surface area contributed by atoms with E-state index in [9.17, 15) is 4.79 Å². The van der Waals surface area contributed by atoms with Gasteiger partial charge in [0.05, 0.1) is 23.4 Å². The van der Waals surface area contributed by atoms with Gasteiger partial charge in [0.25, 0.3) is 5.91 Å². The van der Waals surface area contributed by atoms with E-state index in [0.29, 0.717) is 17.8 Å². The molecule has 2 fully saturated rings. The van der Waals surface area contributed by atoms with Crippen molar-refractivity contribution in [3.8, 4) is 0 Å². The minimum Gasteiger partial charge on any atom is -0.374 e. The molecule has 4 rings (SSSR count). The van der Waals surface area contributed by atoms with E-state index < -0.39 is 0 Å². The van der Waals surface area contributed by atoms with Crippen molar-refractivity contribution in [1.29, 1.82) is 0 Å². The molecule has 3 aliphatic heterocycles. The SMILES string of the molecule is C=C(/C=C\CC)C(=O)N1CCC2(CC1)Nc1cccnc1N1C(CC)NCC12.CC. The van der Waals surface area contributed by atoms with Crippen LogP contribution in [0.1, 0.15) is 53.4 Å². The maximum absolute atomic E-state index is 12.7. The van der Waals surface area contributed by atoms with Crippen molar-refractivity contribution in [2.75, 3.05) is 29.9 Å². The molecule has 4 heterocycles. The van der Waals surface area contributed by atoms with Gasteiger partial charge < -0.3 is 15.1 Å². The molecule has 1 spiro atoms. The van der Waals surface area contributed by atoms with Crippen LogP contribution in [0.3, 0.4) is 0 Å². The van der Waals surface area contributed by atoms with Crippen LogP contribution in [-0.2, 0) is 4.79 Å². The minimum atomic E-state index is -0.0374. The Hall–Kier alpha value is -2.34. The second-order valence-corrected chi connectivity index (χ2v) is 8.04. The molecule has 1 aromatic heterocycles. The standard InChI is InChI=1S/C22H31N5O.C2H6/c1-4-6-8-16(3)21(28)26-13-10-22(11-14-26)18-15-24-19(5-2)27(18)20-17(25-22)9-7-12-23-20;1-2/h6-9,12,18-19,24-25H,3-5,10-11,13-15H2,1-2H3;1-2H3/b8-6-;. The number of piperidine rings is 1. The van der Waals surface area contributed by atoms with Crippen LogP contribution in [0.25, 0.3) is 0 Å². The number of hydrogen-bond acceptors (Lipinski definition) is 5. The fourth-order valence-electron chi connectivity index (χ4n) is 4.91. The monoisotopic (exact) mass is 411 g/mol. The number of nitrogens with one attached hydrogen (secondary N) is 2. The zero-order valence-corrected chi connectivity index (χ0v) is 18.9. The van der Waals surface area contributed by atoms with Crippen LogP contribution in [-0.4, -0.2) is 53.2 Å². The third-order valence-corrected chi connectivity index (χ3v) is 6.43. The largest absolute Gasteiger partial charge is 0.374 e. The number of carbonyl (C=O) groups is 1. The number of aromatic nitrogens is 1. The Morgan fingerprint density at radius 3 is 2.73 bits per heavy atom. The lowest BCUT2D eigenvalue weighted by Crippen LogP contribution is -2.64. The van der Waals surface area contributed by atoms with Crippen molar-refractivity contribution in [2.45, 2.75) is 71.1 Å². The van der Waals surface area contributed by atoms with Crippen LogP contribution in [0.4, 0.5) is 11.5 Å². The first-order chi connectivity index (χ1) is 14.6. The van der Waals surface area contributed by atoms with Crippen molar-refractivity contribution in [1.82, 2.24) is 15.2 Å². The molecular weight excluding hydrogens is 374 g/mol. The van der Waals surface area contributed by atoms with E-state index in [-0.39, 0.29) is 11.4 Å². The molecule has 0 bridgehead atoms. The Bertz CT molecular complexity index is 782. The molecule has 0 aliphatic carbocycles. The van der Waals surface area contributed by atoms with Crippen molar-refractivity contribution < 1.29 is 4.79 Å². The maximum atomic E-state index is 12.7. The van der Waals surface area contributed by atoms with Gasteiger partial charge >= 0.3 is 0 Å². The van der Waals surface area contributed by atoms with Crippen LogP contribution < -0.4 is 15.5 Å². The number of hydrogen-bond donors (Lipinski definition) is 2. The number of fused-ring (bicyclic) bond motifs is 4. The summed E-state index contributed by atoms with van der Waals surface area (Å²) in [5.41, 5.74) is 1.65. The number of allylic oxidation sites excluding steroid dienone is 1. The van der Waals surface area contributed by atoms with E-state index in [4.69, 9.17) is 0 Å². The lowest BCUT2D eigenvalue weighted by Gasteiger charge is -2.53. The van der Waals surface area contributed by atoms with E-state index in [2.05, 4.69) is 47.0 Å². The first-order valence-electron chi connectivity index (χ1n) is 11.5. The first kappa shape index (κ1) is 22.3. The zero-order valence-electron chi connectivity index (χ0n) is 18.9. The van der Waals surface area contributed by atoms with E-state index in [1.807, 2.05) is 43.2 Å². The lowest BCUT2D eigenvalue weighted by atomic mass is 9.78. The molecule has 2 N–H and O–H groups in total. The number of carbonyl (C=O) groups excluding carboxylic acids is 1. The Kier molecular flexibility index (Phi) is 7.19. The van der Waals surface area contributed by atoms with Gasteiger partial charge in [-0.25, -0.2) is 4.98 Å². The highest BCUT2D eigenvalue weighted by molar-refractivity contribution is 5.95. The number of likely N-dealkylation sites (tertiary alicyclic amines) is 1. The molecule has 2 saturated heterocycles. The van der Waals surface area contributed by atoms with Gasteiger partial charge in [0.15, 0.2) is 5.82 Å². The summed E-state index contributed by atoms with van der Waals surface area (Å²) < 4.78 is 0. The van der Waals surface area contributed by atoms with Gasteiger partial charge in [-0.15, -0.1) is 0 Å². The average Bonchev–Trinajstić information content (AvgIpc) is 3.24. The summed E-state index contributed by atoms with van der Waals surface area (Å²) in [6.07, 6.45) is 9.84. The lowest BCUT2D eigenvalue weighted by molar-refractivity contribution is -0.128. The maximum Gasteiger partial charge on any atom is 0.253 e. The molecule has 2 unspecified atom stereocenters. The molecule has 1 amide bonds. The van der Waals surface area contributed by atoms with Crippen LogP contribution in [0, 0.1) is 0 Å². The topological polar surface area (TPSA) is 60.5 Å².